The third-order valence-electron chi connectivity index (χ3n) is 3.52. The van der Waals surface area contributed by atoms with Crippen LogP contribution in [0.1, 0.15) is 25.8 Å². The maximum Gasteiger partial charge on any atom is 0.411 e. The quantitative estimate of drug-likeness (QED) is 0.747. The zero-order valence-corrected chi connectivity index (χ0v) is 14.3. The van der Waals surface area contributed by atoms with Crippen LogP contribution in [0.25, 0.3) is 0 Å². The van der Waals surface area contributed by atoms with Gasteiger partial charge >= 0.3 is 6.18 Å². The first-order valence-corrected chi connectivity index (χ1v) is 7.92. The second kappa shape index (κ2) is 9.64. The lowest BCUT2D eigenvalue weighted by molar-refractivity contribution is -0.175. The van der Waals surface area contributed by atoms with Gasteiger partial charge in [0.15, 0.2) is 0 Å². The van der Waals surface area contributed by atoms with E-state index < -0.39 is 18.8 Å². The number of halogens is 3. The highest BCUT2D eigenvalue weighted by molar-refractivity contribution is 5.81. The summed E-state index contributed by atoms with van der Waals surface area (Å²) >= 11 is 0. The van der Waals surface area contributed by atoms with Crippen LogP contribution in [-0.4, -0.2) is 49.3 Å². The fraction of sp³-hybridized carbons (Fsp3) is 0.588. The van der Waals surface area contributed by atoms with E-state index in [1.165, 1.54) is 0 Å². The molecule has 0 aromatic heterocycles. The first-order valence-electron chi connectivity index (χ1n) is 7.92. The molecule has 0 saturated heterocycles. The Balaban J connectivity index is 2.47. The number of carbonyl (C=O) groups is 1. The molecular weight excluding hydrogens is 321 g/mol. The highest BCUT2D eigenvalue weighted by atomic mass is 19.4. The summed E-state index contributed by atoms with van der Waals surface area (Å²) in [6.45, 7) is 2.66. The van der Waals surface area contributed by atoms with Gasteiger partial charge in [-0.15, -0.1) is 0 Å². The van der Waals surface area contributed by atoms with Gasteiger partial charge in [0.1, 0.15) is 6.61 Å². The van der Waals surface area contributed by atoms with Crippen molar-refractivity contribution in [3.05, 3.63) is 35.9 Å². The van der Waals surface area contributed by atoms with E-state index in [0.29, 0.717) is 13.0 Å². The molecule has 1 amide bonds. The average molecular weight is 346 g/mol. The number of benzene rings is 1. The maximum absolute atomic E-state index is 12.3. The summed E-state index contributed by atoms with van der Waals surface area (Å²) in [5.74, 6) is -0.209. The van der Waals surface area contributed by atoms with Crippen molar-refractivity contribution >= 4 is 5.91 Å². The Morgan fingerprint density at radius 1 is 1.29 bits per heavy atom. The average Bonchev–Trinajstić information content (AvgIpc) is 2.47. The summed E-state index contributed by atoms with van der Waals surface area (Å²) in [6, 6.07) is 8.92. The number of nitrogens with zero attached hydrogens (tertiary/aromatic N) is 1. The van der Waals surface area contributed by atoms with Gasteiger partial charge in [0.2, 0.25) is 5.91 Å². The summed E-state index contributed by atoms with van der Waals surface area (Å²) in [6.07, 6.45) is -3.75. The minimum Gasteiger partial charge on any atom is -0.370 e. The Hall–Kier alpha value is -1.60. The van der Waals surface area contributed by atoms with Gasteiger partial charge in [-0.1, -0.05) is 37.3 Å². The van der Waals surface area contributed by atoms with Crippen molar-refractivity contribution in [2.24, 2.45) is 0 Å². The van der Waals surface area contributed by atoms with Crippen LogP contribution in [0.2, 0.25) is 0 Å². The lowest BCUT2D eigenvalue weighted by atomic mass is 10.1. The second-order valence-corrected chi connectivity index (χ2v) is 5.86. The molecule has 4 nitrogen and oxygen atoms in total. The number of amides is 1. The van der Waals surface area contributed by atoms with Crippen LogP contribution in [0, 0.1) is 0 Å². The minimum atomic E-state index is -4.36. The van der Waals surface area contributed by atoms with Crippen LogP contribution in [0.3, 0.4) is 0 Å². The molecule has 2 atom stereocenters. The Labute approximate surface area is 141 Å². The molecule has 0 bridgehead atoms. The lowest BCUT2D eigenvalue weighted by Crippen LogP contribution is -2.48. The number of ether oxygens (including phenoxy) is 1. The number of nitrogens with one attached hydrogen (secondary N) is 1. The number of alkyl halides is 3. The molecule has 0 aliphatic carbocycles. The monoisotopic (exact) mass is 346 g/mol. The standard InChI is InChI=1S/C17H25F3N2O2/c1-4-15(22(3)10-14-8-6-5-7-9-14)16(23)21-13(2)11-24-12-17(18,19)20/h5-9,13,15H,4,10-12H2,1-3H3,(H,21,23)/t13-,15+/m1/s1. The summed E-state index contributed by atoms with van der Waals surface area (Å²) in [5, 5.41) is 2.71. The summed E-state index contributed by atoms with van der Waals surface area (Å²) in [7, 11) is 1.85. The molecule has 1 aromatic rings. The van der Waals surface area contributed by atoms with Crippen molar-refractivity contribution in [2.45, 2.75) is 45.1 Å². The third-order valence-corrected chi connectivity index (χ3v) is 3.52. The molecule has 24 heavy (non-hydrogen) atoms. The first kappa shape index (κ1) is 20.4. The topological polar surface area (TPSA) is 41.6 Å². The van der Waals surface area contributed by atoms with Crippen molar-refractivity contribution in [3.8, 4) is 0 Å². The van der Waals surface area contributed by atoms with Gasteiger partial charge in [-0.25, -0.2) is 0 Å². The third kappa shape index (κ3) is 7.79. The number of carbonyl (C=O) groups excluding carboxylic acids is 1. The predicted octanol–water partition coefficient (Wildman–Crippen LogP) is 2.98. The Kier molecular flexibility index (Phi) is 8.21. The smallest absolute Gasteiger partial charge is 0.370 e. The van der Waals surface area contributed by atoms with Crippen LogP contribution in [0.15, 0.2) is 30.3 Å². The molecule has 7 heteroatoms. The van der Waals surface area contributed by atoms with Crippen molar-refractivity contribution in [1.29, 1.82) is 0 Å². The number of hydrogen-bond acceptors (Lipinski definition) is 3. The number of likely N-dealkylation sites (N-methyl/N-ethyl adjacent to an activating group) is 1. The van der Waals surface area contributed by atoms with Gasteiger partial charge in [-0.05, 0) is 26.0 Å². The van der Waals surface area contributed by atoms with Gasteiger partial charge in [0, 0.05) is 12.6 Å². The molecule has 0 heterocycles. The van der Waals surface area contributed by atoms with Crippen LogP contribution in [0.4, 0.5) is 13.2 Å². The fourth-order valence-electron chi connectivity index (χ4n) is 2.41. The molecule has 0 saturated carbocycles. The van der Waals surface area contributed by atoms with E-state index in [2.05, 4.69) is 10.1 Å². The van der Waals surface area contributed by atoms with Crippen LogP contribution < -0.4 is 5.32 Å². The minimum absolute atomic E-state index is 0.177. The molecule has 1 rings (SSSR count). The molecule has 1 aromatic carbocycles. The van der Waals surface area contributed by atoms with Gasteiger partial charge in [-0.3, -0.25) is 9.69 Å². The summed E-state index contributed by atoms with van der Waals surface area (Å²) in [5.41, 5.74) is 1.09. The molecular formula is C17H25F3N2O2. The highest BCUT2D eigenvalue weighted by Crippen LogP contribution is 2.14. The Bertz CT molecular complexity index is 494. The normalized spacial score (nSPS) is 14.5. The van der Waals surface area contributed by atoms with Crippen LogP contribution in [-0.2, 0) is 16.1 Å². The van der Waals surface area contributed by atoms with Crippen molar-refractivity contribution in [1.82, 2.24) is 10.2 Å². The van der Waals surface area contributed by atoms with Gasteiger partial charge in [0.25, 0.3) is 0 Å². The van der Waals surface area contributed by atoms with Crippen LogP contribution in [0.5, 0.6) is 0 Å². The molecule has 0 unspecified atom stereocenters. The Morgan fingerprint density at radius 3 is 2.46 bits per heavy atom. The molecule has 0 radical (unpaired) electrons. The largest absolute Gasteiger partial charge is 0.411 e. The Morgan fingerprint density at radius 2 is 1.92 bits per heavy atom. The molecule has 0 aliphatic heterocycles. The van der Waals surface area contributed by atoms with Crippen molar-refractivity contribution in [3.63, 3.8) is 0 Å². The SMILES string of the molecule is CC[C@@H](C(=O)N[C@H](C)COCC(F)(F)F)N(C)Cc1ccccc1. The van der Waals surface area contributed by atoms with Crippen molar-refractivity contribution < 1.29 is 22.7 Å². The molecule has 0 fully saturated rings. The summed E-state index contributed by atoms with van der Waals surface area (Å²) in [4.78, 5) is 14.3. The van der Waals surface area contributed by atoms with E-state index in [9.17, 15) is 18.0 Å². The van der Waals surface area contributed by atoms with E-state index >= 15 is 0 Å². The van der Waals surface area contributed by atoms with E-state index in [1.807, 2.05) is 49.2 Å². The zero-order chi connectivity index (χ0) is 18.2. The van der Waals surface area contributed by atoms with Gasteiger partial charge in [0.05, 0.1) is 12.6 Å². The molecule has 0 aliphatic rings. The van der Waals surface area contributed by atoms with E-state index in [1.54, 1.807) is 6.92 Å². The van der Waals surface area contributed by atoms with Crippen LogP contribution >= 0.6 is 0 Å². The van der Waals surface area contributed by atoms with E-state index in [0.717, 1.165) is 5.56 Å². The lowest BCUT2D eigenvalue weighted by Gasteiger charge is -2.27. The first-order chi connectivity index (χ1) is 11.2. The molecule has 136 valence electrons. The van der Waals surface area contributed by atoms with Gasteiger partial charge < -0.3 is 10.1 Å². The second-order valence-electron chi connectivity index (χ2n) is 5.86. The fourth-order valence-corrected chi connectivity index (χ4v) is 2.41. The highest BCUT2D eigenvalue weighted by Gasteiger charge is 2.28. The molecule has 0 spiro atoms. The van der Waals surface area contributed by atoms with Gasteiger partial charge in [-0.2, -0.15) is 13.2 Å². The van der Waals surface area contributed by atoms with E-state index in [4.69, 9.17) is 0 Å². The molecule has 1 N–H and O–H groups in total. The van der Waals surface area contributed by atoms with Crippen molar-refractivity contribution in [2.75, 3.05) is 20.3 Å². The number of rotatable bonds is 9. The van der Waals surface area contributed by atoms with E-state index in [-0.39, 0.29) is 18.6 Å². The predicted molar refractivity (Wildman–Crippen MR) is 86.5 cm³/mol. The summed E-state index contributed by atoms with van der Waals surface area (Å²) < 4.78 is 40.7. The maximum atomic E-state index is 12.3. The zero-order valence-electron chi connectivity index (χ0n) is 14.3. The number of hydrogen-bond donors (Lipinski definition) is 1.